The molecule has 0 amide bonds. The van der Waals surface area contributed by atoms with Gasteiger partial charge in [-0.15, -0.1) is 0 Å². The normalized spacial score (nSPS) is 37.1. The molecule has 4 rings (SSSR count). The Bertz CT molecular complexity index is 701. The number of oxime groups is 1. The van der Waals surface area contributed by atoms with Crippen LogP contribution in [0.1, 0.15) is 69.4 Å². The average molecular weight is 356 g/mol. The van der Waals surface area contributed by atoms with Crippen LogP contribution < -0.4 is 4.74 Å². The fourth-order valence-corrected chi connectivity index (χ4v) is 6.43. The molecule has 0 spiro atoms. The van der Waals surface area contributed by atoms with Crippen molar-refractivity contribution in [2.75, 3.05) is 13.7 Å². The SMILES string of the molecule is CCO[C@H]1CC[C@H]2[C@@H]3C/C(=N\O)c4c[c]c(OC)cc4[C@H]3CC[C@]12CC. The quantitative estimate of drug-likeness (QED) is 0.624. The maximum absolute atomic E-state index is 9.67. The molecule has 0 unspecified atom stereocenters. The summed E-state index contributed by atoms with van der Waals surface area (Å²) in [7, 11) is 1.69. The van der Waals surface area contributed by atoms with E-state index in [2.05, 4.69) is 31.1 Å². The summed E-state index contributed by atoms with van der Waals surface area (Å²) in [6.07, 6.45) is 7.22. The summed E-state index contributed by atoms with van der Waals surface area (Å²) < 4.78 is 11.6. The maximum Gasteiger partial charge on any atom is 0.127 e. The molecule has 26 heavy (non-hydrogen) atoms. The van der Waals surface area contributed by atoms with Crippen molar-refractivity contribution in [1.29, 1.82) is 0 Å². The van der Waals surface area contributed by atoms with E-state index in [-0.39, 0.29) is 0 Å². The smallest absolute Gasteiger partial charge is 0.127 e. The lowest BCUT2D eigenvalue weighted by Gasteiger charge is -2.52. The van der Waals surface area contributed by atoms with E-state index in [9.17, 15) is 5.21 Å². The molecule has 1 radical (unpaired) electrons. The van der Waals surface area contributed by atoms with E-state index in [0.717, 1.165) is 30.1 Å². The van der Waals surface area contributed by atoms with Crippen LogP contribution in [0, 0.1) is 23.3 Å². The monoisotopic (exact) mass is 356 g/mol. The number of methoxy groups -OCH3 is 1. The molecule has 4 heteroatoms. The first-order valence-electron chi connectivity index (χ1n) is 10.1. The number of nitrogens with zero attached hydrogens (tertiary/aromatic N) is 1. The maximum atomic E-state index is 9.67. The highest BCUT2D eigenvalue weighted by Gasteiger charge is 2.57. The number of benzene rings is 1. The first kappa shape index (κ1) is 17.8. The van der Waals surface area contributed by atoms with E-state index >= 15 is 0 Å². The Morgan fingerprint density at radius 3 is 2.85 bits per heavy atom. The minimum Gasteiger partial charge on any atom is -0.496 e. The van der Waals surface area contributed by atoms with Gasteiger partial charge in [-0.3, -0.25) is 0 Å². The first-order chi connectivity index (χ1) is 12.7. The van der Waals surface area contributed by atoms with Gasteiger partial charge in [0.1, 0.15) is 5.75 Å². The number of ether oxygens (including phenoxy) is 2. The Kier molecular flexibility index (Phi) is 4.72. The van der Waals surface area contributed by atoms with Gasteiger partial charge in [0.05, 0.1) is 18.9 Å². The minimum atomic E-state index is 0.292. The summed E-state index contributed by atoms with van der Waals surface area (Å²) in [5.41, 5.74) is 3.44. The predicted octanol–water partition coefficient (Wildman–Crippen LogP) is 4.78. The highest BCUT2D eigenvalue weighted by atomic mass is 16.5. The first-order valence-corrected chi connectivity index (χ1v) is 10.1. The summed E-state index contributed by atoms with van der Waals surface area (Å²) >= 11 is 0. The number of rotatable bonds is 4. The second-order valence-corrected chi connectivity index (χ2v) is 8.14. The van der Waals surface area contributed by atoms with E-state index in [1.807, 2.05) is 6.07 Å². The van der Waals surface area contributed by atoms with Crippen LogP contribution in [-0.2, 0) is 4.74 Å². The van der Waals surface area contributed by atoms with Crippen molar-refractivity contribution in [2.24, 2.45) is 22.4 Å². The second-order valence-electron chi connectivity index (χ2n) is 8.14. The average Bonchev–Trinajstić information content (AvgIpc) is 3.06. The Morgan fingerprint density at radius 1 is 1.31 bits per heavy atom. The zero-order valence-corrected chi connectivity index (χ0v) is 16.1. The highest BCUT2D eigenvalue weighted by molar-refractivity contribution is 6.03. The zero-order valence-electron chi connectivity index (χ0n) is 16.1. The van der Waals surface area contributed by atoms with E-state index in [0.29, 0.717) is 29.3 Å². The van der Waals surface area contributed by atoms with E-state index < -0.39 is 0 Å². The van der Waals surface area contributed by atoms with Gasteiger partial charge in [0.25, 0.3) is 0 Å². The topological polar surface area (TPSA) is 51.0 Å². The third-order valence-corrected chi connectivity index (χ3v) is 7.54. The van der Waals surface area contributed by atoms with Crippen LogP contribution in [0.4, 0.5) is 0 Å². The van der Waals surface area contributed by atoms with Gasteiger partial charge in [-0.25, -0.2) is 0 Å². The van der Waals surface area contributed by atoms with Gasteiger partial charge in [-0.05, 0) is 86.3 Å². The van der Waals surface area contributed by atoms with Crippen molar-refractivity contribution in [3.63, 3.8) is 0 Å². The molecule has 0 saturated heterocycles. The fourth-order valence-electron chi connectivity index (χ4n) is 6.43. The van der Waals surface area contributed by atoms with Gasteiger partial charge in [0.15, 0.2) is 0 Å². The van der Waals surface area contributed by atoms with Gasteiger partial charge in [0, 0.05) is 18.2 Å². The molecule has 1 N–H and O–H groups in total. The highest BCUT2D eigenvalue weighted by Crippen LogP contribution is 2.63. The van der Waals surface area contributed by atoms with Gasteiger partial charge in [-0.2, -0.15) is 0 Å². The second kappa shape index (κ2) is 6.88. The van der Waals surface area contributed by atoms with Crippen LogP contribution in [-0.4, -0.2) is 30.7 Å². The lowest BCUT2D eigenvalue weighted by Crippen LogP contribution is -2.47. The standard InChI is InChI=1S/C22H30NO3/c1-4-22-11-10-15-17-12-14(25-3)6-7-16(17)20(23-24)13-18(15)19(22)8-9-21(22)26-5-2/h7,12,15,18-19,21,24H,4-5,8-11,13H2,1-3H3/b23-20+/t15-,18-,19+,21+,22+/m1/s1. The van der Waals surface area contributed by atoms with E-state index in [4.69, 9.17) is 9.47 Å². The predicted molar refractivity (Wildman–Crippen MR) is 101 cm³/mol. The van der Waals surface area contributed by atoms with Crippen molar-refractivity contribution in [2.45, 2.75) is 64.4 Å². The lowest BCUT2D eigenvalue weighted by molar-refractivity contribution is -0.0707. The number of hydrogen-bond acceptors (Lipinski definition) is 4. The van der Waals surface area contributed by atoms with E-state index in [1.165, 1.54) is 37.7 Å². The summed E-state index contributed by atoms with van der Waals surface area (Å²) in [6.45, 7) is 5.24. The summed E-state index contributed by atoms with van der Waals surface area (Å²) in [4.78, 5) is 0. The van der Waals surface area contributed by atoms with Crippen molar-refractivity contribution in [3.8, 4) is 5.75 Å². The molecular weight excluding hydrogens is 326 g/mol. The van der Waals surface area contributed by atoms with E-state index in [1.54, 1.807) is 7.11 Å². The molecule has 1 aromatic carbocycles. The van der Waals surface area contributed by atoms with Crippen LogP contribution in [0.2, 0.25) is 0 Å². The van der Waals surface area contributed by atoms with Crippen LogP contribution >= 0.6 is 0 Å². The Hall–Kier alpha value is -1.55. The molecule has 4 nitrogen and oxygen atoms in total. The minimum absolute atomic E-state index is 0.292. The summed E-state index contributed by atoms with van der Waals surface area (Å²) in [5, 5.41) is 13.3. The number of hydrogen-bond donors (Lipinski definition) is 1. The Balaban J connectivity index is 1.74. The third kappa shape index (κ3) is 2.49. The molecule has 3 aliphatic rings. The van der Waals surface area contributed by atoms with Gasteiger partial charge < -0.3 is 14.7 Å². The molecule has 0 bridgehead atoms. The molecule has 0 heterocycles. The summed E-state index contributed by atoms with van der Waals surface area (Å²) in [5.74, 6) is 2.46. The molecule has 2 fully saturated rings. The van der Waals surface area contributed by atoms with Gasteiger partial charge in [-0.1, -0.05) is 12.1 Å². The molecule has 0 aromatic heterocycles. The number of fused-ring (bicyclic) bond motifs is 5. The van der Waals surface area contributed by atoms with Gasteiger partial charge in [0.2, 0.25) is 0 Å². The van der Waals surface area contributed by atoms with Crippen molar-refractivity contribution in [3.05, 3.63) is 29.3 Å². The lowest BCUT2D eigenvalue weighted by atomic mass is 9.53. The largest absolute Gasteiger partial charge is 0.496 e. The molecule has 2 saturated carbocycles. The van der Waals surface area contributed by atoms with Crippen LogP contribution in [0.5, 0.6) is 5.75 Å². The molecule has 0 aliphatic heterocycles. The molecular formula is C22H30NO3. The summed E-state index contributed by atoms with van der Waals surface area (Å²) in [6, 6.07) is 7.22. The van der Waals surface area contributed by atoms with Gasteiger partial charge >= 0.3 is 0 Å². The van der Waals surface area contributed by atoms with Crippen molar-refractivity contribution < 1.29 is 14.7 Å². The fraction of sp³-hybridized carbons (Fsp3) is 0.682. The van der Waals surface area contributed by atoms with Crippen molar-refractivity contribution >= 4 is 5.71 Å². The molecule has 3 aliphatic carbocycles. The van der Waals surface area contributed by atoms with Crippen LogP contribution in [0.3, 0.4) is 0 Å². The van der Waals surface area contributed by atoms with Crippen LogP contribution in [0.25, 0.3) is 0 Å². The zero-order chi connectivity index (χ0) is 18.3. The molecule has 5 atom stereocenters. The van der Waals surface area contributed by atoms with Crippen molar-refractivity contribution in [1.82, 2.24) is 0 Å². The third-order valence-electron chi connectivity index (χ3n) is 7.54. The molecule has 1 aromatic rings. The molecule has 141 valence electrons. The van der Waals surface area contributed by atoms with Crippen LogP contribution in [0.15, 0.2) is 17.3 Å². The Labute approximate surface area is 156 Å². The Morgan fingerprint density at radius 2 is 2.15 bits per heavy atom.